The van der Waals surface area contributed by atoms with Crippen LogP contribution < -0.4 is 10.5 Å². The topological polar surface area (TPSA) is 53.1 Å². The minimum absolute atomic E-state index is 0.470. The maximum Gasteiger partial charge on any atom is 0.130 e. The maximum atomic E-state index is 6.02. The van der Waals surface area contributed by atoms with Crippen LogP contribution in [0.4, 0.5) is 0 Å². The van der Waals surface area contributed by atoms with Gasteiger partial charge in [0, 0.05) is 22.6 Å². The minimum atomic E-state index is 0.470. The zero-order valence-electron chi connectivity index (χ0n) is 11.5. The van der Waals surface area contributed by atoms with Gasteiger partial charge in [-0.15, -0.1) is 0 Å². The molecule has 1 aromatic heterocycles. The average Bonchev–Trinajstić information content (AvgIpc) is 3.16. The largest absolute Gasteiger partial charge is 0.487 e. The number of aromatic nitrogens is 2. The molecular weight excluding hydrogens is 318 g/mol. The lowest BCUT2D eigenvalue weighted by molar-refractivity contribution is 0.290. The zero-order valence-corrected chi connectivity index (χ0v) is 13.1. The van der Waals surface area contributed by atoms with E-state index in [4.69, 9.17) is 10.5 Å². The molecule has 0 radical (unpaired) electrons. The van der Waals surface area contributed by atoms with E-state index in [9.17, 15) is 0 Å². The molecule has 1 heterocycles. The molecule has 0 spiro atoms. The van der Waals surface area contributed by atoms with E-state index in [1.54, 1.807) is 0 Å². The third-order valence-corrected chi connectivity index (χ3v) is 4.04. The molecule has 3 rings (SSSR count). The quantitative estimate of drug-likeness (QED) is 0.911. The lowest BCUT2D eigenvalue weighted by Crippen LogP contribution is -2.07. The molecule has 1 aliphatic carbocycles. The number of hydrogen-bond donors (Lipinski definition) is 1. The number of benzene rings is 1. The van der Waals surface area contributed by atoms with Crippen molar-refractivity contribution in [3.05, 3.63) is 46.0 Å². The first-order valence-electron chi connectivity index (χ1n) is 6.81. The smallest absolute Gasteiger partial charge is 0.130 e. The second-order valence-corrected chi connectivity index (χ2v) is 6.14. The number of imidazole rings is 1. The maximum absolute atomic E-state index is 6.02. The summed E-state index contributed by atoms with van der Waals surface area (Å²) in [7, 11) is 0. The number of hydrogen-bond acceptors (Lipinski definition) is 3. The van der Waals surface area contributed by atoms with Gasteiger partial charge in [-0.25, -0.2) is 4.98 Å². The van der Waals surface area contributed by atoms with Crippen molar-refractivity contribution < 1.29 is 4.74 Å². The number of ether oxygens (including phenoxy) is 1. The molecule has 0 aliphatic heterocycles. The normalized spacial score (nSPS) is 14.6. The Balaban J connectivity index is 1.79. The first-order valence-corrected chi connectivity index (χ1v) is 7.61. The van der Waals surface area contributed by atoms with Crippen molar-refractivity contribution in [2.24, 2.45) is 5.73 Å². The van der Waals surface area contributed by atoms with Gasteiger partial charge >= 0.3 is 0 Å². The monoisotopic (exact) mass is 335 g/mol. The van der Waals surface area contributed by atoms with Crippen LogP contribution in [0.5, 0.6) is 5.75 Å². The summed E-state index contributed by atoms with van der Waals surface area (Å²) in [5, 5.41) is 0. The molecule has 1 saturated carbocycles. The molecule has 1 aliphatic rings. The number of rotatable bonds is 5. The highest BCUT2D eigenvalue weighted by molar-refractivity contribution is 9.10. The van der Waals surface area contributed by atoms with Gasteiger partial charge in [-0.1, -0.05) is 15.9 Å². The molecule has 106 valence electrons. The number of halogens is 1. The SMILES string of the molecule is Cc1cc(Br)cc(CN)c1OCc1cncn1C1CC1. The van der Waals surface area contributed by atoms with Gasteiger partial charge in [0.15, 0.2) is 0 Å². The number of nitrogens with zero attached hydrogens (tertiary/aromatic N) is 2. The molecule has 0 amide bonds. The van der Waals surface area contributed by atoms with E-state index in [2.05, 4.69) is 25.5 Å². The van der Waals surface area contributed by atoms with Crippen molar-refractivity contribution in [1.29, 1.82) is 0 Å². The Bertz CT molecular complexity index is 620. The summed E-state index contributed by atoms with van der Waals surface area (Å²) in [4.78, 5) is 4.23. The fourth-order valence-corrected chi connectivity index (χ4v) is 3.05. The minimum Gasteiger partial charge on any atom is -0.487 e. The third-order valence-electron chi connectivity index (χ3n) is 3.59. The van der Waals surface area contributed by atoms with Gasteiger partial charge in [-0.2, -0.15) is 0 Å². The molecule has 1 fully saturated rings. The van der Waals surface area contributed by atoms with Gasteiger partial charge in [-0.05, 0) is 37.5 Å². The summed E-state index contributed by atoms with van der Waals surface area (Å²) >= 11 is 3.49. The van der Waals surface area contributed by atoms with Crippen LogP contribution in [0.2, 0.25) is 0 Å². The predicted octanol–water partition coefficient (Wildman–Crippen LogP) is 3.33. The molecule has 4 nitrogen and oxygen atoms in total. The highest BCUT2D eigenvalue weighted by atomic mass is 79.9. The molecule has 5 heteroatoms. The Morgan fingerprint density at radius 2 is 2.25 bits per heavy atom. The Morgan fingerprint density at radius 3 is 2.95 bits per heavy atom. The van der Waals surface area contributed by atoms with Crippen molar-refractivity contribution in [2.75, 3.05) is 0 Å². The van der Waals surface area contributed by atoms with Crippen LogP contribution in [0, 0.1) is 6.92 Å². The molecule has 2 N–H and O–H groups in total. The fraction of sp³-hybridized carbons (Fsp3) is 0.400. The average molecular weight is 336 g/mol. The van der Waals surface area contributed by atoms with Crippen molar-refractivity contribution >= 4 is 15.9 Å². The Labute approximate surface area is 127 Å². The van der Waals surface area contributed by atoms with Gasteiger partial charge in [0.2, 0.25) is 0 Å². The standard InChI is InChI=1S/C15H18BrN3O/c1-10-4-12(16)5-11(6-17)15(10)20-8-14-7-18-9-19(14)13-2-3-13/h4-5,7,9,13H,2-3,6,8,17H2,1H3. The third kappa shape index (κ3) is 2.74. The molecular formula is C15H18BrN3O. The summed E-state index contributed by atoms with van der Waals surface area (Å²) in [5.74, 6) is 0.888. The van der Waals surface area contributed by atoms with E-state index in [-0.39, 0.29) is 0 Å². The molecule has 0 bridgehead atoms. The first-order chi connectivity index (χ1) is 9.69. The Morgan fingerprint density at radius 1 is 1.45 bits per heavy atom. The van der Waals surface area contributed by atoms with E-state index in [1.807, 2.05) is 31.6 Å². The van der Waals surface area contributed by atoms with Crippen LogP contribution in [0.25, 0.3) is 0 Å². The van der Waals surface area contributed by atoms with Crippen LogP contribution in [0.3, 0.4) is 0 Å². The van der Waals surface area contributed by atoms with Gasteiger partial charge in [0.05, 0.1) is 18.2 Å². The molecule has 2 aromatic rings. The number of aryl methyl sites for hydroxylation is 1. The van der Waals surface area contributed by atoms with E-state index in [0.717, 1.165) is 27.0 Å². The van der Waals surface area contributed by atoms with Crippen molar-refractivity contribution in [2.45, 2.75) is 39.0 Å². The van der Waals surface area contributed by atoms with Crippen molar-refractivity contribution in [1.82, 2.24) is 9.55 Å². The molecule has 0 saturated heterocycles. The van der Waals surface area contributed by atoms with Crippen LogP contribution in [-0.4, -0.2) is 9.55 Å². The summed E-state index contributed by atoms with van der Waals surface area (Å²) in [6.07, 6.45) is 6.27. The molecule has 0 unspecified atom stereocenters. The molecule has 0 atom stereocenters. The van der Waals surface area contributed by atoms with Crippen LogP contribution >= 0.6 is 15.9 Å². The summed E-state index contributed by atoms with van der Waals surface area (Å²) in [6.45, 7) is 3.04. The van der Waals surface area contributed by atoms with Gasteiger partial charge in [0.1, 0.15) is 12.4 Å². The van der Waals surface area contributed by atoms with E-state index < -0.39 is 0 Å². The van der Waals surface area contributed by atoms with E-state index >= 15 is 0 Å². The summed E-state index contributed by atoms with van der Waals surface area (Å²) in [6, 6.07) is 4.68. The van der Waals surface area contributed by atoms with Crippen LogP contribution in [0.1, 0.15) is 35.7 Å². The zero-order chi connectivity index (χ0) is 14.1. The van der Waals surface area contributed by atoms with Gasteiger partial charge in [0.25, 0.3) is 0 Å². The molecule has 1 aromatic carbocycles. The van der Waals surface area contributed by atoms with Crippen LogP contribution in [0.15, 0.2) is 29.1 Å². The van der Waals surface area contributed by atoms with Crippen molar-refractivity contribution in [3.63, 3.8) is 0 Å². The Hall–Kier alpha value is -1.33. The Kier molecular flexibility index (Phi) is 3.81. The van der Waals surface area contributed by atoms with Crippen LogP contribution in [-0.2, 0) is 13.2 Å². The summed E-state index contributed by atoms with van der Waals surface area (Å²) < 4.78 is 9.27. The highest BCUT2D eigenvalue weighted by Gasteiger charge is 2.25. The predicted molar refractivity (Wildman–Crippen MR) is 81.6 cm³/mol. The van der Waals surface area contributed by atoms with Crippen molar-refractivity contribution in [3.8, 4) is 5.75 Å². The first kappa shape index (κ1) is 13.6. The number of nitrogens with two attached hydrogens (primary N) is 1. The summed E-state index contributed by atoms with van der Waals surface area (Å²) in [5.41, 5.74) is 9.05. The van der Waals surface area contributed by atoms with Gasteiger partial charge in [-0.3, -0.25) is 0 Å². The second kappa shape index (κ2) is 5.58. The van der Waals surface area contributed by atoms with E-state index in [0.29, 0.717) is 19.2 Å². The molecule has 20 heavy (non-hydrogen) atoms. The fourth-order valence-electron chi connectivity index (χ4n) is 2.43. The van der Waals surface area contributed by atoms with E-state index in [1.165, 1.54) is 12.8 Å². The van der Waals surface area contributed by atoms with Gasteiger partial charge < -0.3 is 15.0 Å². The lowest BCUT2D eigenvalue weighted by Gasteiger charge is -2.15. The lowest BCUT2D eigenvalue weighted by atomic mass is 10.1. The second-order valence-electron chi connectivity index (χ2n) is 5.23. The highest BCUT2D eigenvalue weighted by Crippen LogP contribution is 2.36.